The minimum atomic E-state index is -0.453. The van der Waals surface area contributed by atoms with Gasteiger partial charge in [-0.2, -0.15) is 5.10 Å². The van der Waals surface area contributed by atoms with Gasteiger partial charge in [-0.05, 0) is 0 Å². The zero-order chi connectivity index (χ0) is 8.59. The van der Waals surface area contributed by atoms with E-state index in [9.17, 15) is 4.79 Å². The fraction of sp³-hybridized carbons (Fsp3) is 0.200. The zero-order valence-electron chi connectivity index (χ0n) is 5.64. The Bertz CT molecular complexity index is 346. The summed E-state index contributed by atoms with van der Waals surface area (Å²) in [5.74, 6) is 0.0544. The second kappa shape index (κ2) is 2.71. The average molecular weight is 194 g/mol. The van der Waals surface area contributed by atoms with Gasteiger partial charge in [0.2, 0.25) is 0 Å². The molecule has 0 fully saturated rings. The molecule has 11 heavy (non-hydrogen) atoms. The van der Waals surface area contributed by atoms with Gasteiger partial charge in [0.1, 0.15) is 10.0 Å². The van der Waals surface area contributed by atoms with Gasteiger partial charge in [-0.15, -0.1) is 0 Å². The first-order chi connectivity index (χ1) is 5.04. The molecule has 0 radical (unpaired) electrons. The predicted molar refractivity (Wildman–Crippen MR) is 43.9 cm³/mol. The van der Waals surface area contributed by atoms with E-state index in [1.807, 2.05) is 0 Å². The lowest BCUT2D eigenvalue weighted by Gasteiger charge is -2.00. The number of hydrogen-bond acceptors (Lipinski definition) is 3. The van der Waals surface area contributed by atoms with Gasteiger partial charge >= 0.3 is 0 Å². The van der Waals surface area contributed by atoms with E-state index in [1.165, 1.54) is 7.05 Å². The third-order valence-corrected chi connectivity index (χ3v) is 1.99. The summed E-state index contributed by atoms with van der Waals surface area (Å²) in [5.41, 5.74) is 4.85. The molecule has 60 valence electrons. The first-order valence-corrected chi connectivity index (χ1v) is 3.47. The summed E-state index contributed by atoms with van der Waals surface area (Å²) in [6.07, 6.45) is 0. The molecule has 0 spiro atoms. The average Bonchev–Trinajstić information content (AvgIpc) is 1.97. The van der Waals surface area contributed by atoms with Crippen LogP contribution in [0.5, 0.6) is 0 Å². The van der Waals surface area contributed by atoms with Crippen molar-refractivity contribution in [2.75, 3.05) is 5.73 Å². The highest BCUT2D eigenvalue weighted by Gasteiger charge is 2.08. The van der Waals surface area contributed by atoms with Crippen molar-refractivity contribution in [2.24, 2.45) is 7.05 Å². The van der Waals surface area contributed by atoms with Crippen LogP contribution in [0.3, 0.4) is 0 Å². The lowest BCUT2D eigenvalue weighted by Crippen LogP contribution is -2.21. The van der Waals surface area contributed by atoms with Gasteiger partial charge in [-0.3, -0.25) is 4.79 Å². The van der Waals surface area contributed by atoms with E-state index >= 15 is 0 Å². The van der Waals surface area contributed by atoms with E-state index in [0.29, 0.717) is 0 Å². The van der Waals surface area contributed by atoms with Crippen molar-refractivity contribution >= 4 is 29.0 Å². The van der Waals surface area contributed by atoms with Crippen LogP contribution in [0.25, 0.3) is 0 Å². The molecule has 0 saturated carbocycles. The van der Waals surface area contributed by atoms with Gasteiger partial charge in [0, 0.05) is 7.05 Å². The van der Waals surface area contributed by atoms with Crippen molar-refractivity contribution in [1.29, 1.82) is 0 Å². The van der Waals surface area contributed by atoms with Gasteiger partial charge in [0.15, 0.2) is 5.82 Å². The molecule has 0 aliphatic heterocycles. The number of nitrogens with zero attached hydrogens (tertiary/aromatic N) is 2. The van der Waals surface area contributed by atoms with Crippen LogP contribution in [0.1, 0.15) is 0 Å². The van der Waals surface area contributed by atoms with E-state index in [1.54, 1.807) is 0 Å². The molecule has 0 unspecified atom stereocenters. The van der Waals surface area contributed by atoms with Gasteiger partial charge < -0.3 is 5.73 Å². The molecule has 1 aromatic rings. The fourth-order valence-electron chi connectivity index (χ4n) is 0.599. The second-order valence-corrected chi connectivity index (χ2v) is 2.70. The number of hydrogen-bond donors (Lipinski definition) is 1. The Morgan fingerprint density at radius 2 is 2.00 bits per heavy atom. The molecule has 0 aromatic carbocycles. The summed E-state index contributed by atoms with van der Waals surface area (Å²) in [7, 11) is 1.45. The molecule has 4 nitrogen and oxygen atoms in total. The molecular weight excluding hydrogens is 189 g/mol. The topological polar surface area (TPSA) is 60.9 Å². The van der Waals surface area contributed by atoms with E-state index < -0.39 is 5.56 Å². The minimum Gasteiger partial charge on any atom is -0.381 e. The molecule has 1 heterocycles. The molecule has 0 atom stereocenters. The molecular formula is C5H5Cl2N3O. The van der Waals surface area contributed by atoms with Crippen LogP contribution in [-0.2, 0) is 7.05 Å². The van der Waals surface area contributed by atoms with Crippen LogP contribution in [0, 0.1) is 0 Å². The van der Waals surface area contributed by atoms with E-state index in [-0.39, 0.29) is 15.9 Å². The largest absolute Gasteiger partial charge is 0.381 e. The maximum atomic E-state index is 11.0. The van der Waals surface area contributed by atoms with Crippen LogP contribution in [0.15, 0.2) is 4.79 Å². The SMILES string of the molecule is Cn1nc(N)c(Cl)c(Cl)c1=O. The van der Waals surface area contributed by atoms with Crippen molar-refractivity contribution in [3.05, 3.63) is 20.4 Å². The van der Waals surface area contributed by atoms with Gasteiger partial charge in [0.25, 0.3) is 5.56 Å². The van der Waals surface area contributed by atoms with Crippen LogP contribution in [0.2, 0.25) is 10.0 Å². The van der Waals surface area contributed by atoms with Crippen molar-refractivity contribution in [1.82, 2.24) is 9.78 Å². The van der Waals surface area contributed by atoms with Crippen LogP contribution >= 0.6 is 23.2 Å². The predicted octanol–water partition coefficient (Wildman–Crippen LogP) is 0.669. The number of halogens is 2. The third kappa shape index (κ3) is 1.32. The Kier molecular flexibility index (Phi) is 2.06. The molecule has 0 saturated heterocycles. The highest BCUT2D eigenvalue weighted by Crippen LogP contribution is 2.21. The summed E-state index contributed by atoms with van der Waals surface area (Å²) in [6, 6.07) is 0. The summed E-state index contributed by atoms with van der Waals surface area (Å²) in [4.78, 5) is 11.0. The van der Waals surface area contributed by atoms with Crippen LogP contribution < -0.4 is 11.3 Å². The molecule has 0 aliphatic carbocycles. The van der Waals surface area contributed by atoms with E-state index in [4.69, 9.17) is 28.9 Å². The van der Waals surface area contributed by atoms with Crippen LogP contribution in [0.4, 0.5) is 5.82 Å². The number of nitrogens with two attached hydrogens (primary N) is 1. The Morgan fingerprint density at radius 3 is 2.55 bits per heavy atom. The Morgan fingerprint density at radius 1 is 1.45 bits per heavy atom. The zero-order valence-corrected chi connectivity index (χ0v) is 7.15. The molecule has 6 heteroatoms. The number of rotatable bonds is 0. The molecule has 1 aromatic heterocycles. The molecule has 0 amide bonds. The van der Waals surface area contributed by atoms with Gasteiger partial charge in [-0.25, -0.2) is 4.68 Å². The van der Waals surface area contributed by atoms with Crippen LogP contribution in [-0.4, -0.2) is 9.78 Å². The van der Waals surface area contributed by atoms with Crippen molar-refractivity contribution in [3.63, 3.8) is 0 Å². The van der Waals surface area contributed by atoms with Crippen molar-refractivity contribution < 1.29 is 0 Å². The first-order valence-electron chi connectivity index (χ1n) is 2.72. The number of aromatic nitrogens is 2. The third-order valence-electron chi connectivity index (χ3n) is 1.16. The van der Waals surface area contributed by atoms with Gasteiger partial charge in [-0.1, -0.05) is 23.2 Å². The lowest BCUT2D eigenvalue weighted by atomic mass is 10.5. The molecule has 1 rings (SSSR count). The molecule has 2 N–H and O–H groups in total. The molecule has 0 bridgehead atoms. The summed E-state index contributed by atoms with van der Waals surface area (Å²) in [5, 5.41) is 3.51. The Labute approximate surface area is 72.5 Å². The fourth-order valence-corrected chi connectivity index (χ4v) is 0.937. The van der Waals surface area contributed by atoms with Crippen molar-refractivity contribution in [2.45, 2.75) is 0 Å². The van der Waals surface area contributed by atoms with Gasteiger partial charge in [0.05, 0.1) is 0 Å². The summed E-state index contributed by atoms with van der Waals surface area (Å²) in [6.45, 7) is 0. The monoisotopic (exact) mass is 193 g/mol. The smallest absolute Gasteiger partial charge is 0.286 e. The number of anilines is 1. The lowest BCUT2D eigenvalue weighted by molar-refractivity contribution is 0.714. The Balaban J connectivity index is 3.59. The highest BCUT2D eigenvalue weighted by molar-refractivity contribution is 6.43. The van der Waals surface area contributed by atoms with E-state index in [0.717, 1.165) is 4.68 Å². The summed E-state index contributed by atoms with van der Waals surface area (Å²) < 4.78 is 1.03. The quantitative estimate of drug-likeness (QED) is 0.660. The maximum absolute atomic E-state index is 11.0. The second-order valence-electron chi connectivity index (χ2n) is 1.94. The maximum Gasteiger partial charge on any atom is 0.286 e. The number of aryl methyl sites for hydroxylation is 1. The first kappa shape index (κ1) is 8.36. The normalized spacial score (nSPS) is 10.1. The highest BCUT2D eigenvalue weighted by atomic mass is 35.5. The van der Waals surface area contributed by atoms with E-state index in [2.05, 4.69) is 5.10 Å². The minimum absolute atomic E-state index is 0.00904. The number of nitrogen functional groups attached to an aromatic ring is 1. The molecule has 0 aliphatic rings. The summed E-state index contributed by atoms with van der Waals surface area (Å²) >= 11 is 11.0. The standard InChI is InChI=1S/C5H5Cl2N3O/c1-10-5(11)3(7)2(6)4(8)9-10/h1H3,(H2,8,9). The Hall–Kier alpha value is -0.740. The van der Waals surface area contributed by atoms with Crippen molar-refractivity contribution in [3.8, 4) is 0 Å².